The second kappa shape index (κ2) is 9.83. The van der Waals surface area contributed by atoms with Gasteiger partial charge in [0.1, 0.15) is 34.6 Å². The van der Waals surface area contributed by atoms with Crippen molar-refractivity contribution < 1.29 is 47.5 Å². The summed E-state index contributed by atoms with van der Waals surface area (Å²) in [6, 6.07) is 17.9. The average molecular weight is 669 g/mol. The van der Waals surface area contributed by atoms with Gasteiger partial charge in [0.15, 0.2) is 17.6 Å². The van der Waals surface area contributed by atoms with Gasteiger partial charge in [0.25, 0.3) is 0 Å². The van der Waals surface area contributed by atoms with E-state index in [0.29, 0.717) is 41.5 Å². The van der Waals surface area contributed by atoms with Crippen LogP contribution >= 0.6 is 0 Å². The summed E-state index contributed by atoms with van der Waals surface area (Å²) in [6.07, 6.45) is -0.851. The highest BCUT2D eigenvalue weighted by Crippen LogP contribution is 2.83. The molecule has 2 aromatic rings. The first-order chi connectivity index (χ1) is 23.3. The molecule has 256 valence electrons. The molecule has 10 rings (SSSR count). The number of benzene rings is 2. The Morgan fingerprint density at radius 2 is 1.57 bits per heavy atom. The summed E-state index contributed by atoms with van der Waals surface area (Å²) in [5.74, 6) is -0.910. The molecule has 2 spiro atoms. The molecule has 0 amide bonds. The van der Waals surface area contributed by atoms with E-state index in [-0.39, 0.29) is 41.7 Å². The van der Waals surface area contributed by atoms with E-state index in [9.17, 15) is 14.4 Å². The summed E-state index contributed by atoms with van der Waals surface area (Å²) >= 11 is 0. The highest BCUT2D eigenvalue weighted by molar-refractivity contribution is 5.99. The van der Waals surface area contributed by atoms with Crippen molar-refractivity contribution >= 4 is 23.9 Å². The normalized spacial score (nSPS) is 40.0. The molecule has 4 saturated heterocycles. The zero-order valence-corrected chi connectivity index (χ0v) is 28.4. The van der Waals surface area contributed by atoms with Gasteiger partial charge in [-0.25, -0.2) is 14.4 Å². The monoisotopic (exact) mass is 668 g/mol. The third-order valence-electron chi connectivity index (χ3n) is 12.1. The van der Waals surface area contributed by atoms with Gasteiger partial charge in [-0.3, -0.25) is 0 Å². The van der Waals surface area contributed by atoms with E-state index in [0.717, 1.165) is 0 Å². The van der Waals surface area contributed by atoms with Crippen molar-refractivity contribution in [2.75, 3.05) is 0 Å². The largest absolute Gasteiger partial charge is 0.509 e. The van der Waals surface area contributed by atoms with Gasteiger partial charge in [0.05, 0.1) is 11.7 Å². The molecule has 3 aliphatic carbocycles. The Morgan fingerprint density at radius 3 is 2.20 bits per heavy atom. The molecule has 2 aromatic carbocycles. The number of carbonyl (C=O) groups is 3. The van der Waals surface area contributed by atoms with Gasteiger partial charge < -0.3 is 33.2 Å². The van der Waals surface area contributed by atoms with Gasteiger partial charge in [-0.15, -0.1) is 0 Å². The number of ether oxygens (including phenoxy) is 7. The maximum atomic E-state index is 13.6. The molecule has 0 radical (unpaired) electrons. The third kappa shape index (κ3) is 3.91. The Hall–Kier alpha value is -3.99. The maximum Gasteiger partial charge on any atom is 0.509 e. The number of allylic oxidation sites excluding steroid dienone is 1. The molecule has 2 bridgehead atoms. The number of rotatable bonds is 5. The predicted octanol–water partition coefficient (Wildman–Crippen LogP) is 6.29. The van der Waals surface area contributed by atoms with Crippen LogP contribution in [0, 0.1) is 17.3 Å². The van der Waals surface area contributed by atoms with Crippen molar-refractivity contribution in [3.05, 3.63) is 88.7 Å². The minimum atomic E-state index is -0.963. The standard InChI is InChI=1S/C39H40O10/c1-20(2)38-29(47-38)30-39(48-30)36(6)18-17-23-25(26(36)24-19-37(39,46-24)33(38)45-34(42)49-35(3,4)5)28(44-32(23)41)27(21-13-9-7-10-14-21)43-31(40)22-15-11-8-12-16-22/h7-16,20,24,26,29-30,33H,17-19H2,1-6H3/b28-27+/t24?,26-,29-,30-,33-,36-,37+,38-,39+/m0/s1. The van der Waals surface area contributed by atoms with Crippen molar-refractivity contribution in [2.24, 2.45) is 17.3 Å². The van der Waals surface area contributed by atoms with Gasteiger partial charge in [-0.2, -0.15) is 0 Å². The first kappa shape index (κ1) is 31.0. The Morgan fingerprint density at radius 1 is 0.918 bits per heavy atom. The SMILES string of the molecule is CC(C)[C@]12O[C@H]1[C@@H]1O[C@@]13[C@@]1(C)CCC4=C(/C(=C(\OC(=O)c5ccccc5)c5ccccc5)OC4=O)[C@@H]1C1C[C@@]3(O1)[C@@H]2OC(=O)OC(C)(C)C. The lowest BCUT2D eigenvalue weighted by atomic mass is 9.41. The fourth-order valence-electron chi connectivity index (χ4n) is 10.1. The number of fused-ring (bicyclic) bond motifs is 2. The number of carbonyl (C=O) groups excluding carboxylic acids is 3. The lowest BCUT2D eigenvalue weighted by Gasteiger charge is -2.70. The zero-order valence-electron chi connectivity index (χ0n) is 28.4. The van der Waals surface area contributed by atoms with E-state index in [1.165, 1.54) is 0 Å². The minimum absolute atomic E-state index is 0.0125. The summed E-state index contributed by atoms with van der Waals surface area (Å²) in [7, 11) is 0. The first-order valence-corrected chi connectivity index (χ1v) is 17.2. The summed E-state index contributed by atoms with van der Waals surface area (Å²) < 4.78 is 44.6. The Labute approximate surface area is 284 Å². The van der Waals surface area contributed by atoms with Crippen molar-refractivity contribution in [1.29, 1.82) is 0 Å². The van der Waals surface area contributed by atoms with Crippen LogP contribution in [0.4, 0.5) is 4.79 Å². The van der Waals surface area contributed by atoms with Crippen LogP contribution in [0.25, 0.3) is 5.76 Å². The van der Waals surface area contributed by atoms with Gasteiger partial charge in [0, 0.05) is 34.5 Å². The van der Waals surface area contributed by atoms with Gasteiger partial charge in [-0.1, -0.05) is 69.3 Å². The third-order valence-corrected chi connectivity index (χ3v) is 12.1. The van der Waals surface area contributed by atoms with Gasteiger partial charge in [0.2, 0.25) is 0 Å². The summed E-state index contributed by atoms with van der Waals surface area (Å²) in [4.78, 5) is 40.4. The van der Waals surface area contributed by atoms with E-state index in [1.54, 1.807) is 45.0 Å². The van der Waals surface area contributed by atoms with Crippen LogP contribution in [0.15, 0.2) is 77.6 Å². The van der Waals surface area contributed by atoms with Gasteiger partial charge in [-0.05, 0) is 51.7 Å². The van der Waals surface area contributed by atoms with Crippen LogP contribution in [0.3, 0.4) is 0 Å². The van der Waals surface area contributed by atoms with E-state index < -0.39 is 52.0 Å². The zero-order chi connectivity index (χ0) is 34.3. The molecule has 5 heterocycles. The highest BCUT2D eigenvalue weighted by Gasteiger charge is 2.99. The van der Waals surface area contributed by atoms with Gasteiger partial charge >= 0.3 is 18.1 Å². The van der Waals surface area contributed by atoms with E-state index >= 15 is 0 Å². The van der Waals surface area contributed by atoms with Crippen molar-refractivity contribution in [2.45, 2.75) is 108 Å². The molecule has 0 aromatic heterocycles. The quantitative estimate of drug-likeness (QED) is 0.156. The molecular formula is C39H40O10. The smallest absolute Gasteiger partial charge is 0.429 e. The van der Waals surface area contributed by atoms with Crippen LogP contribution < -0.4 is 0 Å². The molecule has 9 atom stereocenters. The molecule has 1 unspecified atom stereocenters. The summed E-state index contributed by atoms with van der Waals surface area (Å²) in [5, 5.41) is 0. The predicted molar refractivity (Wildman–Crippen MR) is 173 cm³/mol. The molecule has 8 aliphatic rings. The molecule has 6 fully saturated rings. The van der Waals surface area contributed by atoms with E-state index in [2.05, 4.69) is 20.8 Å². The van der Waals surface area contributed by atoms with E-state index in [1.807, 2.05) is 36.4 Å². The number of epoxide rings is 2. The fraction of sp³-hybridized carbons (Fsp3) is 0.513. The number of hydrogen-bond acceptors (Lipinski definition) is 10. The van der Waals surface area contributed by atoms with Crippen LogP contribution in [-0.4, -0.2) is 64.9 Å². The maximum absolute atomic E-state index is 13.6. The van der Waals surface area contributed by atoms with Crippen LogP contribution in [0.2, 0.25) is 0 Å². The average Bonchev–Trinajstić information content (AvgIpc) is 3.94. The first-order valence-electron chi connectivity index (χ1n) is 17.2. The lowest BCUT2D eigenvalue weighted by Crippen LogP contribution is -2.84. The Balaban J connectivity index is 1.15. The fourth-order valence-corrected chi connectivity index (χ4v) is 10.1. The molecule has 49 heavy (non-hydrogen) atoms. The van der Waals surface area contributed by atoms with Crippen molar-refractivity contribution in [1.82, 2.24) is 0 Å². The highest BCUT2D eigenvalue weighted by atomic mass is 16.8. The minimum Gasteiger partial charge on any atom is -0.429 e. The van der Waals surface area contributed by atoms with Crippen LogP contribution in [0.5, 0.6) is 0 Å². The molecule has 2 saturated carbocycles. The Bertz CT molecular complexity index is 1850. The molecular weight excluding hydrogens is 628 g/mol. The number of hydrogen-bond donors (Lipinski definition) is 0. The van der Waals surface area contributed by atoms with Crippen molar-refractivity contribution in [3.63, 3.8) is 0 Å². The number of cyclic esters (lactones) is 1. The van der Waals surface area contributed by atoms with E-state index in [4.69, 9.17) is 33.2 Å². The molecule has 0 N–H and O–H groups in total. The van der Waals surface area contributed by atoms with Crippen LogP contribution in [-0.2, 0) is 38.0 Å². The molecule has 5 aliphatic heterocycles. The second-order valence-electron chi connectivity index (χ2n) is 16.0. The molecule has 10 nitrogen and oxygen atoms in total. The second-order valence-corrected chi connectivity index (χ2v) is 16.0. The van der Waals surface area contributed by atoms with Crippen LogP contribution in [0.1, 0.15) is 76.7 Å². The Kier molecular flexibility index (Phi) is 6.22. The lowest BCUT2D eigenvalue weighted by molar-refractivity contribution is -0.366. The summed E-state index contributed by atoms with van der Waals surface area (Å²) in [6.45, 7) is 11.7. The number of esters is 2. The molecule has 10 heteroatoms. The summed E-state index contributed by atoms with van der Waals surface area (Å²) in [5.41, 5.74) is -1.65. The van der Waals surface area contributed by atoms with Crippen molar-refractivity contribution in [3.8, 4) is 0 Å². The topological polar surface area (TPSA) is 122 Å².